The topological polar surface area (TPSA) is 0 Å². The summed E-state index contributed by atoms with van der Waals surface area (Å²) in [6.07, 6.45) is 0.563. The Labute approximate surface area is 77.3 Å². The summed E-state index contributed by atoms with van der Waals surface area (Å²) in [5.74, 6) is 0. The Morgan fingerprint density at radius 1 is 1.55 bits per heavy atom. The third kappa shape index (κ3) is 1.44. The lowest BCUT2D eigenvalue weighted by Gasteiger charge is -1.95. The van der Waals surface area contributed by atoms with Crippen molar-refractivity contribution in [3.63, 3.8) is 0 Å². The Balaban J connectivity index is 2.43. The second-order valence-corrected chi connectivity index (χ2v) is 4.59. The number of thioether (sulfide) groups is 1. The molecule has 3 heteroatoms. The average molecular weight is 233 g/mol. The van der Waals surface area contributed by atoms with Crippen LogP contribution in [0.5, 0.6) is 0 Å². The van der Waals surface area contributed by atoms with Crippen molar-refractivity contribution in [2.75, 3.05) is 0 Å². The predicted octanol–water partition coefficient (Wildman–Crippen LogP) is 3.39. The van der Waals surface area contributed by atoms with Gasteiger partial charge in [0.05, 0.1) is 0 Å². The summed E-state index contributed by atoms with van der Waals surface area (Å²) in [6.45, 7) is 0. The molecule has 0 bridgehead atoms. The molecule has 0 radical (unpaired) electrons. The quantitative estimate of drug-likeness (QED) is 0.661. The van der Waals surface area contributed by atoms with E-state index >= 15 is 0 Å². The van der Waals surface area contributed by atoms with Gasteiger partial charge in [-0.3, -0.25) is 0 Å². The number of hydrogen-bond acceptors (Lipinski definition) is 1. The van der Waals surface area contributed by atoms with Crippen LogP contribution < -0.4 is 0 Å². The summed E-state index contributed by atoms with van der Waals surface area (Å²) in [5, 5.41) is 0. The van der Waals surface area contributed by atoms with E-state index in [4.69, 9.17) is 0 Å². The van der Waals surface area contributed by atoms with Crippen molar-refractivity contribution in [2.24, 2.45) is 0 Å². The Morgan fingerprint density at radius 2 is 2.36 bits per heavy atom. The molecule has 1 aromatic rings. The highest BCUT2D eigenvalue weighted by atomic mass is 79.9. The molecular weight excluding hydrogens is 227 g/mol. The molecule has 0 amide bonds. The minimum absolute atomic E-state index is 0.563. The minimum Gasteiger partial charge on any atom is -0.235 e. The van der Waals surface area contributed by atoms with Crippen LogP contribution in [0.2, 0.25) is 0 Å². The lowest BCUT2D eigenvalue weighted by atomic mass is 10.2. The number of fused-ring (bicyclic) bond motifs is 1. The van der Waals surface area contributed by atoms with Gasteiger partial charge in [-0.05, 0) is 17.7 Å². The largest absolute Gasteiger partial charge is 0.235 e. The van der Waals surface area contributed by atoms with E-state index in [1.165, 1.54) is 11.8 Å². The van der Waals surface area contributed by atoms with Gasteiger partial charge in [-0.25, -0.2) is 4.39 Å². The molecule has 0 N–H and O–H groups in total. The summed E-state index contributed by atoms with van der Waals surface area (Å²) in [7, 11) is 0. The lowest BCUT2D eigenvalue weighted by molar-refractivity contribution is 0.457. The first-order valence-electron chi connectivity index (χ1n) is 3.35. The molecule has 0 fully saturated rings. The lowest BCUT2D eigenvalue weighted by Crippen LogP contribution is -1.88. The van der Waals surface area contributed by atoms with E-state index in [1.807, 2.05) is 18.2 Å². The van der Waals surface area contributed by atoms with E-state index in [0.717, 1.165) is 14.9 Å². The summed E-state index contributed by atoms with van der Waals surface area (Å²) >= 11 is 4.66. The number of hydrogen-bond donors (Lipinski definition) is 0. The van der Waals surface area contributed by atoms with Crippen LogP contribution in [0.3, 0.4) is 0 Å². The molecular formula is C8H6BrFS. The standard InChI is InChI=1S/C8H6BrFS/c9-6-2-1-5-3-8(10)11-7(5)4-6/h1-2,4,8H,3H2. The first kappa shape index (κ1) is 7.62. The molecule has 2 rings (SSSR count). The van der Waals surface area contributed by atoms with Crippen molar-refractivity contribution in [1.29, 1.82) is 0 Å². The van der Waals surface area contributed by atoms with Crippen molar-refractivity contribution in [3.8, 4) is 0 Å². The number of rotatable bonds is 0. The van der Waals surface area contributed by atoms with Gasteiger partial charge >= 0.3 is 0 Å². The average Bonchev–Trinajstić information content (AvgIpc) is 2.27. The molecule has 1 aliphatic heterocycles. The zero-order valence-electron chi connectivity index (χ0n) is 5.68. The van der Waals surface area contributed by atoms with Crippen molar-refractivity contribution in [3.05, 3.63) is 28.2 Å². The van der Waals surface area contributed by atoms with Crippen LogP contribution in [-0.4, -0.2) is 5.50 Å². The van der Waals surface area contributed by atoms with Gasteiger partial charge in [0, 0.05) is 15.8 Å². The Bertz CT molecular complexity index is 287. The van der Waals surface area contributed by atoms with Crippen LogP contribution >= 0.6 is 27.7 Å². The maximum Gasteiger partial charge on any atom is 0.154 e. The highest BCUT2D eigenvalue weighted by Crippen LogP contribution is 2.38. The monoisotopic (exact) mass is 232 g/mol. The molecule has 1 aliphatic rings. The fourth-order valence-electron chi connectivity index (χ4n) is 1.16. The molecule has 58 valence electrons. The maximum atomic E-state index is 12.8. The van der Waals surface area contributed by atoms with Gasteiger partial charge in [0.1, 0.15) is 0 Å². The van der Waals surface area contributed by atoms with E-state index in [2.05, 4.69) is 15.9 Å². The first-order chi connectivity index (χ1) is 5.25. The Morgan fingerprint density at radius 3 is 3.18 bits per heavy atom. The third-order valence-electron chi connectivity index (χ3n) is 1.66. The predicted molar refractivity (Wildman–Crippen MR) is 48.6 cm³/mol. The van der Waals surface area contributed by atoms with E-state index in [0.29, 0.717) is 6.42 Å². The van der Waals surface area contributed by atoms with Crippen LogP contribution in [0.15, 0.2) is 27.6 Å². The van der Waals surface area contributed by atoms with Crippen molar-refractivity contribution in [2.45, 2.75) is 16.8 Å². The van der Waals surface area contributed by atoms with Gasteiger partial charge < -0.3 is 0 Å². The minimum atomic E-state index is -0.737. The summed E-state index contributed by atoms with van der Waals surface area (Å²) in [5.41, 5.74) is 0.394. The van der Waals surface area contributed by atoms with Gasteiger partial charge in [-0.1, -0.05) is 33.8 Å². The molecule has 0 aromatic heterocycles. The SMILES string of the molecule is FC1Cc2ccc(Br)cc2S1. The number of halogens is 2. The number of benzene rings is 1. The molecule has 1 heterocycles. The molecule has 1 aromatic carbocycles. The maximum absolute atomic E-state index is 12.8. The van der Waals surface area contributed by atoms with Crippen LogP contribution in [0.4, 0.5) is 4.39 Å². The van der Waals surface area contributed by atoms with Crippen LogP contribution in [0.1, 0.15) is 5.56 Å². The van der Waals surface area contributed by atoms with Gasteiger partial charge in [-0.15, -0.1) is 0 Å². The molecule has 1 atom stereocenters. The highest BCUT2D eigenvalue weighted by molar-refractivity contribution is 9.10. The van der Waals surface area contributed by atoms with Gasteiger partial charge in [0.2, 0.25) is 0 Å². The molecule has 11 heavy (non-hydrogen) atoms. The zero-order valence-corrected chi connectivity index (χ0v) is 8.08. The smallest absolute Gasteiger partial charge is 0.154 e. The summed E-state index contributed by atoms with van der Waals surface area (Å²) < 4.78 is 13.8. The highest BCUT2D eigenvalue weighted by Gasteiger charge is 2.20. The summed E-state index contributed by atoms with van der Waals surface area (Å²) in [6, 6.07) is 5.91. The summed E-state index contributed by atoms with van der Waals surface area (Å²) in [4.78, 5) is 1.08. The molecule has 0 saturated heterocycles. The zero-order chi connectivity index (χ0) is 7.84. The first-order valence-corrected chi connectivity index (χ1v) is 5.02. The van der Waals surface area contributed by atoms with Gasteiger partial charge in [-0.2, -0.15) is 0 Å². The van der Waals surface area contributed by atoms with Crippen molar-refractivity contribution in [1.82, 2.24) is 0 Å². The molecule has 0 aliphatic carbocycles. The Kier molecular flexibility index (Phi) is 1.93. The molecule has 1 unspecified atom stereocenters. The molecule has 0 spiro atoms. The second-order valence-electron chi connectivity index (χ2n) is 2.48. The molecule has 0 nitrogen and oxygen atoms in total. The third-order valence-corrected chi connectivity index (χ3v) is 3.21. The van der Waals surface area contributed by atoms with Crippen molar-refractivity contribution >= 4 is 27.7 Å². The normalized spacial score (nSPS) is 21.8. The fourth-order valence-corrected chi connectivity index (χ4v) is 2.71. The van der Waals surface area contributed by atoms with E-state index in [-0.39, 0.29) is 0 Å². The molecule has 0 saturated carbocycles. The van der Waals surface area contributed by atoms with Crippen LogP contribution in [0, 0.1) is 0 Å². The second kappa shape index (κ2) is 2.79. The number of alkyl halides is 1. The Hall–Kier alpha value is -0.0200. The van der Waals surface area contributed by atoms with Gasteiger partial charge in [0.15, 0.2) is 5.50 Å². The van der Waals surface area contributed by atoms with E-state index in [9.17, 15) is 4.39 Å². The van der Waals surface area contributed by atoms with Crippen molar-refractivity contribution < 1.29 is 4.39 Å². The van der Waals surface area contributed by atoms with Crippen LogP contribution in [0.25, 0.3) is 0 Å². The fraction of sp³-hybridized carbons (Fsp3) is 0.250. The van der Waals surface area contributed by atoms with E-state index in [1.54, 1.807) is 0 Å². The van der Waals surface area contributed by atoms with Gasteiger partial charge in [0.25, 0.3) is 0 Å². The van der Waals surface area contributed by atoms with E-state index < -0.39 is 5.50 Å². The van der Waals surface area contributed by atoms with Crippen LogP contribution in [-0.2, 0) is 6.42 Å².